The van der Waals surface area contributed by atoms with E-state index in [2.05, 4.69) is 29.6 Å². The minimum absolute atomic E-state index is 0.0167. The molecule has 36 heavy (non-hydrogen) atoms. The van der Waals surface area contributed by atoms with E-state index in [1.54, 1.807) is 19.1 Å². The smallest absolute Gasteiger partial charge is 0.312 e. The van der Waals surface area contributed by atoms with Gasteiger partial charge in [-0.15, -0.1) is 0 Å². The lowest BCUT2D eigenvalue weighted by Crippen LogP contribution is -2.57. The van der Waals surface area contributed by atoms with Crippen LogP contribution in [0.3, 0.4) is 0 Å². The van der Waals surface area contributed by atoms with Crippen LogP contribution >= 0.6 is 0 Å². The number of nitrogens with zero attached hydrogens (tertiary/aromatic N) is 1. The number of amides is 1. The van der Waals surface area contributed by atoms with Gasteiger partial charge in [0, 0.05) is 19.8 Å². The SMILES string of the molecule is Cc1ccc(NC(=O)COC(=O)C23C[C@H]4C[C@H](C2)CC(c2ccccc2)(C4)C3)cc1S(=O)(=O)N(C)C. The first-order valence-corrected chi connectivity index (χ1v) is 14.0. The van der Waals surface area contributed by atoms with Crippen molar-refractivity contribution in [1.29, 1.82) is 0 Å². The number of carbonyl (C=O) groups is 2. The van der Waals surface area contributed by atoms with Crippen molar-refractivity contribution in [3.8, 4) is 0 Å². The fourth-order valence-electron chi connectivity index (χ4n) is 7.26. The molecule has 192 valence electrons. The third-order valence-electron chi connectivity index (χ3n) is 8.45. The summed E-state index contributed by atoms with van der Waals surface area (Å²) in [5, 5.41) is 2.68. The number of hydrogen-bond donors (Lipinski definition) is 1. The standard InChI is InChI=1S/C28H34N2O5S/c1-19-9-10-23(12-24(19)36(33,34)30(2)3)29-25(31)17-35-26(32)28-15-20-11-21(16-28)14-27(13-20,18-28)22-7-5-4-6-8-22/h4-10,12,20-21H,11,13-18H2,1-3H3,(H,29,31)/t20-,21-,27?,28?/m0/s1. The zero-order valence-electron chi connectivity index (χ0n) is 21.1. The largest absolute Gasteiger partial charge is 0.455 e. The van der Waals surface area contributed by atoms with E-state index in [0.717, 1.165) is 36.4 Å². The lowest BCUT2D eigenvalue weighted by atomic mass is 9.43. The molecule has 0 saturated heterocycles. The lowest BCUT2D eigenvalue weighted by Gasteiger charge is -2.61. The summed E-state index contributed by atoms with van der Waals surface area (Å²) in [6.45, 7) is 1.31. The molecule has 4 aliphatic carbocycles. The highest BCUT2D eigenvalue weighted by atomic mass is 32.2. The van der Waals surface area contributed by atoms with Gasteiger partial charge in [-0.3, -0.25) is 9.59 Å². The van der Waals surface area contributed by atoms with Crippen molar-refractivity contribution in [2.45, 2.75) is 55.8 Å². The maximum Gasteiger partial charge on any atom is 0.312 e. The Kier molecular flexibility index (Phi) is 6.24. The highest BCUT2D eigenvalue weighted by molar-refractivity contribution is 7.89. The van der Waals surface area contributed by atoms with Gasteiger partial charge in [0.15, 0.2) is 6.61 Å². The van der Waals surface area contributed by atoms with Crippen molar-refractivity contribution in [3.05, 3.63) is 59.7 Å². The summed E-state index contributed by atoms with van der Waals surface area (Å²) in [6.07, 6.45) is 5.87. The number of nitrogens with one attached hydrogen (secondary N) is 1. The Morgan fingerprint density at radius 2 is 1.69 bits per heavy atom. The molecule has 2 aromatic rings. The van der Waals surface area contributed by atoms with Gasteiger partial charge < -0.3 is 10.1 Å². The van der Waals surface area contributed by atoms with E-state index in [-0.39, 0.29) is 16.3 Å². The Hall–Kier alpha value is -2.71. The average Bonchev–Trinajstić information content (AvgIpc) is 2.83. The first kappa shape index (κ1) is 25.0. The van der Waals surface area contributed by atoms with Crippen LogP contribution in [0.4, 0.5) is 5.69 Å². The Labute approximate surface area is 213 Å². The molecule has 7 nitrogen and oxygen atoms in total. The van der Waals surface area contributed by atoms with E-state index in [9.17, 15) is 18.0 Å². The van der Waals surface area contributed by atoms with Gasteiger partial charge in [0.1, 0.15) is 0 Å². The third kappa shape index (κ3) is 4.34. The van der Waals surface area contributed by atoms with Gasteiger partial charge in [0.25, 0.3) is 5.91 Å². The summed E-state index contributed by atoms with van der Waals surface area (Å²) >= 11 is 0. The second-order valence-electron chi connectivity index (χ2n) is 11.3. The van der Waals surface area contributed by atoms with Gasteiger partial charge in [-0.2, -0.15) is 0 Å². The first-order valence-electron chi connectivity index (χ1n) is 12.6. The average molecular weight is 511 g/mol. The van der Waals surface area contributed by atoms with E-state index in [0.29, 0.717) is 23.1 Å². The Bertz CT molecular complexity index is 1270. The normalized spacial score (nSPS) is 28.8. The molecule has 8 heteroatoms. The van der Waals surface area contributed by atoms with Crippen LogP contribution in [0.25, 0.3) is 0 Å². The fraction of sp³-hybridized carbons (Fsp3) is 0.500. The highest BCUT2D eigenvalue weighted by Crippen LogP contribution is 2.66. The minimum Gasteiger partial charge on any atom is -0.455 e. The van der Waals surface area contributed by atoms with E-state index in [4.69, 9.17) is 4.74 Å². The van der Waals surface area contributed by atoms with Gasteiger partial charge >= 0.3 is 5.97 Å². The molecular formula is C28H34N2O5S. The van der Waals surface area contributed by atoms with Crippen LogP contribution in [0.5, 0.6) is 0 Å². The van der Waals surface area contributed by atoms with Crippen LogP contribution in [0.2, 0.25) is 0 Å². The number of benzene rings is 2. The number of anilines is 1. The van der Waals surface area contributed by atoms with Crippen molar-refractivity contribution >= 4 is 27.6 Å². The molecule has 2 aromatic carbocycles. The second kappa shape index (κ2) is 8.99. The van der Waals surface area contributed by atoms with Crippen LogP contribution < -0.4 is 5.32 Å². The maximum absolute atomic E-state index is 13.4. The first-order chi connectivity index (χ1) is 17.0. The second-order valence-corrected chi connectivity index (χ2v) is 13.4. The predicted octanol–water partition coefficient (Wildman–Crippen LogP) is 4.27. The molecule has 1 amide bonds. The molecule has 0 heterocycles. The van der Waals surface area contributed by atoms with Crippen LogP contribution in [0.15, 0.2) is 53.4 Å². The minimum atomic E-state index is -3.65. The van der Waals surface area contributed by atoms with Crippen molar-refractivity contribution in [1.82, 2.24) is 4.31 Å². The number of esters is 1. The van der Waals surface area contributed by atoms with Crippen molar-refractivity contribution in [3.63, 3.8) is 0 Å². The monoisotopic (exact) mass is 510 g/mol. The van der Waals surface area contributed by atoms with Gasteiger partial charge in [-0.25, -0.2) is 12.7 Å². The molecule has 0 aromatic heterocycles. The number of ether oxygens (including phenoxy) is 1. The molecule has 6 rings (SSSR count). The Morgan fingerprint density at radius 1 is 1.03 bits per heavy atom. The summed E-state index contributed by atoms with van der Waals surface area (Å²) in [6, 6.07) is 15.3. The van der Waals surface area contributed by atoms with Crippen molar-refractivity contribution in [2.75, 3.05) is 26.0 Å². The van der Waals surface area contributed by atoms with Gasteiger partial charge in [0.2, 0.25) is 10.0 Å². The number of carbonyl (C=O) groups excluding carboxylic acids is 2. The number of rotatable bonds is 7. The molecule has 2 atom stereocenters. The summed E-state index contributed by atoms with van der Waals surface area (Å²) in [5.41, 5.74) is 1.74. The summed E-state index contributed by atoms with van der Waals surface area (Å²) in [7, 11) is -0.721. The maximum atomic E-state index is 13.4. The van der Waals surface area contributed by atoms with E-state index >= 15 is 0 Å². The topological polar surface area (TPSA) is 92.8 Å². The molecule has 4 bridgehead atoms. The van der Waals surface area contributed by atoms with Gasteiger partial charge in [-0.05, 0) is 86.0 Å². The van der Waals surface area contributed by atoms with Crippen LogP contribution in [-0.2, 0) is 29.8 Å². The molecule has 1 N–H and O–H groups in total. The van der Waals surface area contributed by atoms with Crippen LogP contribution in [0.1, 0.15) is 49.7 Å². The highest BCUT2D eigenvalue weighted by Gasteiger charge is 2.61. The number of hydrogen-bond acceptors (Lipinski definition) is 5. The third-order valence-corrected chi connectivity index (χ3v) is 10.4. The van der Waals surface area contributed by atoms with Crippen LogP contribution in [0, 0.1) is 24.2 Å². The Morgan fingerprint density at radius 3 is 2.33 bits per heavy atom. The molecular weight excluding hydrogens is 476 g/mol. The summed E-state index contributed by atoms with van der Waals surface area (Å²) < 4.78 is 31.9. The molecule has 4 saturated carbocycles. The molecule has 0 aliphatic heterocycles. The molecule has 0 radical (unpaired) electrons. The molecule has 4 aliphatic rings. The van der Waals surface area contributed by atoms with E-state index < -0.39 is 28.0 Å². The molecule has 0 unspecified atom stereocenters. The summed E-state index contributed by atoms with van der Waals surface area (Å²) in [4.78, 5) is 26.2. The predicted molar refractivity (Wildman–Crippen MR) is 137 cm³/mol. The Balaban J connectivity index is 1.27. The van der Waals surface area contributed by atoms with Crippen molar-refractivity contribution < 1.29 is 22.7 Å². The molecule has 0 spiro atoms. The summed E-state index contributed by atoms with van der Waals surface area (Å²) in [5.74, 6) is 0.268. The van der Waals surface area contributed by atoms with Crippen LogP contribution in [-0.4, -0.2) is 45.3 Å². The quantitative estimate of drug-likeness (QED) is 0.562. The fourth-order valence-corrected chi connectivity index (χ4v) is 8.41. The zero-order chi connectivity index (χ0) is 25.7. The van der Waals surface area contributed by atoms with Gasteiger partial charge in [-0.1, -0.05) is 36.4 Å². The van der Waals surface area contributed by atoms with E-state index in [1.165, 1.54) is 32.1 Å². The lowest BCUT2D eigenvalue weighted by molar-refractivity contribution is -0.175. The molecule has 4 fully saturated rings. The van der Waals surface area contributed by atoms with E-state index in [1.807, 2.05) is 6.07 Å². The number of aryl methyl sites for hydroxylation is 1. The number of sulfonamides is 1. The van der Waals surface area contributed by atoms with Crippen molar-refractivity contribution in [2.24, 2.45) is 17.3 Å². The zero-order valence-corrected chi connectivity index (χ0v) is 21.9. The van der Waals surface area contributed by atoms with Gasteiger partial charge in [0.05, 0.1) is 10.3 Å².